The average molecular weight is 405 g/mol. The van der Waals surface area contributed by atoms with Crippen molar-refractivity contribution in [2.75, 3.05) is 13.1 Å². The lowest BCUT2D eigenvalue weighted by Crippen LogP contribution is -2.37. The molecule has 1 amide bonds. The molecule has 2 aliphatic heterocycles. The molecule has 0 bridgehead atoms. The summed E-state index contributed by atoms with van der Waals surface area (Å²) in [7, 11) is 0. The van der Waals surface area contributed by atoms with Crippen molar-refractivity contribution in [3.05, 3.63) is 47.8 Å². The monoisotopic (exact) mass is 404 g/mol. The van der Waals surface area contributed by atoms with Crippen molar-refractivity contribution in [1.29, 1.82) is 0 Å². The van der Waals surface area contributed by atoms with Crippen LogP contribution in [-0.2, 0) is 16.7 Å². The van der Waals surface area contributed by atoms with Gasteiger partial charge in [-0.25, -0.2) is 4.79 Å². The Hall–Kier alpha value is -2.89. The van der Waals surface area contributed by atoms with Gasteiger partial charge in [-0.15, -0.1) is 0 Å². The maximum absolute atomic E-state index is 12.6. The number of benzene rings is 1. The molecule has 0 aliphatic carbocycles. The Morgan fingerprint density at radius 2 is 1.93 bits per heavy atom. The topological polar surface area (TPSA) is 60.2 Å². The van der Waals surface area contributed by atoms with Crippen LogP contribution in [0.25, 0.3) is 22.2 Å². The molecule has 1 atom stereocenters. The number of nitrogens with zero attached hydrogens (tertiary/aromatic N) is 4. The van der Waals surface area contributed by atoms with E-state index in [1.54, 1.807) is 0 Å². The highest BCUT2D eigenvalue weighted by Gasteiger charge is 2.47. The van der Waals surface area contributed by atoms with Crippen LogP contribution in [0.1, 0.15) is 44.9 Å². The van der Waals surface area contributed by atoms with Gasteiger partial charge < -0.3 is 9.64 Å². The van der Waals surface area contributed by atoms with Crippen LogP contribution in [0.3, 0.4) is 0 Å². The Bertz CT molecular complexity index is 1140. The van der Waals surface area contributed by atoms with Crippen molar-refractivity contribution in [3.63, 3.8) is 0 Å². The highest BCUT2D eigenvalue weighted by atomic mass is 16.6. The first-order valence-corrected chi connectivity index (χ1v) is 10.7. The predicted molar refractivity (Wildman–Crippen MR) is 116 cm³/mol. The Labute approximate surface area is 176 Å². The fourth-order valence-corrected chi connectivity index (χ4v) is 4.90. The third-order valence-electron chi connectivity index (χ3n) is 6.45. The molecule has 6 nitrogen and oxygen atoms in total. The summed E-state index contributed by atoms with van der Waals surface area (Å²) in [5, 5.41) is 6.08. The van der Waals surface area contributed by atoms with Crippen molar-refractivity contribution < 1.29 is 9.53 Å². The number of hydrogen-bond acceptors (Lipinski definition) is 4. The Balaban J connectivity index is 1.45. The molecule has 0 saturated carbocycles. The zero-order chi connectivity index (χ0) is 21.1. The van der Waals surface area contributed by atoms with Gasteiger partial charge in [0.2, 0.25) is 0 Å². The highest BCUT2D eigenvalue weighted by Crippen LogP contribution is 2.44. The molecule has 30 heavy (non-hydrogen) atoms. The summed E-state index contributed by atoms with van der Waals surface area (Å²) in [4.78, 5) is 19.1. The van der Waals surface area contributed by atoms with Crippen LogP contribution >= 0.6 is 0 Å². The number of carbonyl (C=O) groups is 1. The smallest absolute Gasteiger partial charge is 0.410 e. The molecule has 156 valence electrons. The molecule has 6 heteroatoms. The van der Waals surface area contributed by atoms with Crippen LogP contribution in [-0.4, -0.2) is 44.4 Å². The minimum Gasteiger partial charge on any atom is -0.444 e. The number of aromatic nitrogens is 3. The average Bonchev–Trinajstić information content (AvgIpc) is 3.38. The van der Waals surface area contributed by atoms with Gasteiger partial charge >= 0.3 is 6.09 Å². The van der Waals surface area contributed by atoms with Crippen molar-refractivity contribution in [2.24, 2.45) is 0 Å². The third kappa shape index (κ3) is 3.06. The highest BCUT2D eigenvalue weighted by molar-refractivity contribution is 5.87. The normalized spacial score (nSPS) is 20.9. The number of rotatable bonds is 1. The molecule has 4 heterocycles. The standard InChI is InChI=1S/C24H28N4O2/c1-16-17-7-5-6-8-19(17)25-14-18(16)20-13-21-24(10-12-28(21)26-20)9-11-27(15-24)22(29)30-23(2,3)4/h5-8,13-14H,9-12,15H2,1-4H3. The molecule has 1 unspecified atom stereocenters. The van der Waals surface area contributed by atoms with Crippen LogP contribution in [0.5, 0.6) is 0 Å². The summed E-state index contributed by atoms with van der Waals surface area (Å²) >= 11 is 0. The van der Waals surface area contributed by atoms with Crippen molar-refractivity contribution in [3.8, 4) is 11.3 Å². The minimum atomic E-state index is -0.474. The van der Waals surface area contributed by atoms with Crippen LogP contribution in [0.4, 0.5) is 4.79 Å². The summed E-state index contributed by atoms with van der Waals surface area (Å²) in [5.74, 6) is 0. The Kier molecular flexibility index (Phi) is 4.17. The van der Waals surface area contributed by atoms with Gasteiger partial charge in [-0.2, -0.15) is 5.10 Å². The Morgan fingerprint density at radius 3 is 2.73 bits per heavy atom. The molecule has 1 saturated heterocycles. The third-order valence-corrected chi connectivity index (χ3v) is 6.45. The van der Waals surface area contributed by atoms with E-state index >= 15 is 0 Å². The van der Waals surface area contributed by atoms with Gasteiger partial charge in [-0.3, -0.25) is 9.67 Å². The van der Waals surface area contributed by atoms with Gasteiger partial charge in [-0.1, -0.05) is 18.2 Å². The fourth-order valence-electron chi connectivity index (χ4n) is 4.90. The van der Waals surface area contributed by atoms with E-state index in [1.807, 2.05) is 50.1 Å². The maximum Gasteiger partial charge on any atom is 0.410 e. The number of fused-ring (bicyclic) bond motifs is 3. The minimum absolute atomic E-state index is 0.0274. The zero-order valence-corrected chi connectivity index (χ0v) is 18.1. The van der Waals surface area contributed by atoms with Gasteiger partial charge in [0.25, 0.3) is 0 Å². The SMILES string of the molecule is Cc1c(-c2cc3n(n2)CCC32CCN(C(=O)OC(C)(C)C)C2)cnc2ccccc12. The maximum atomic E-state index is 12.6. The van der Waals surface area contributed by atoms with E-state index in [2.05, 4.69) is 28.7 Å². The second-order valence-corrected chi connectivity index (χ2v) is 9.63. The quantitative estimate of drug-likeness (QED) is 0.590. The molecule has 3 aromatic rings. The number of pyridine rings is 1. The van der Waals surface area contributed by atoms with Crippen molar-refractivity contribution >= 4 is 17.0 Å². The molecule has 2 aromatic heterocycles. The van der Waals surface area contributed by atoms with Crippen LogP contribution in [0.2, 0.25) is 0 Å². The number of para-hydroxylation sites is 1. The van der Waals surface area contributed by atoms with Gasteiger partial charge in [0.1, 0.15) is 5.60 Å². The summed E-state index contributed by atoms with van der Waals surface area (Å²) in [6.45, 7) is 10.2. The van der Waals surface area contributed by atoms with Crippen molar-refractivity contribution in [1.82, 2.24) is 19.7 Å². The molecule has 2 aliphatic rings. The van der Waals surface area contributed by atoms with E-state index in [4.69, 9.17) is 9.84 Å². The van der Waals surface area contributed by atoms with E-state index < -0.39 is 5.60 Å². The first kappa shape index (κ1) is 19.1. The number of likely N-dealkylation sites (tertiary alicyclic amines) is 1. The summed E-state index contributed by atoms with van der Waals surface area (Å²) in [6.07, 6.45) is 3.69. The fraction of sp³-hybridized carbons (Fsp3) is 0.458. The lowest BCUT2D eigenvalue weighted by Gasteiger charge is -2.26. The van der Waals surface area contributed by atoms with E-state index in [0.717, 1.165) is 48.1 Å². The molecular formula is C24H28N4O2. The van der Waals surface area contributed by atoms with E-state index in [1.165, 1.54) is 11.3 Å². The van der Waals surface area contributed by atoms with Crippen LogP contribution < -0.4 is 0 Å². The molecule has 0 N–H and O–H groups in total. The molecule has 1 aromatic carbocycles. The molecule has 0 radical (unpaired) electrons. The lowest BCUT2D eigenvalue weighted by molar-refractivity contribution is 0.0284. The summed E-state index contributed by atoms with van der Waals surface area (Å²) < 4.78 is 7.73. The first-order valence-electron chi connectivity index (χ1n) is 10.7. The number of ether oxygens (including phenoxy) is 1. The Morgan fingerprint density at radius 1 is 1.17 bits per heavy atom. The second kappa shape index (κ2) is 6.56. The van der Waals surface area contributed by atoms with E-state index in [-0.39, 0.29) is 11.5 Å². The number of hydrogen-bond donors (Lipinski definition) is 0. The molecular weight excluding hydrogens is 376 g/mol. The van der Waals surface area contributed by atoms with Crippen molar-refractivity contribution in [2.45, 2.75) is 58.1 Å². The molecule has 1 spiro atoms. The van der Waals surface area contributed by atoms with Gasteiger partial charge in [0.05, 0.1) is 11.2 Å². The van der Waals surface area contributed by atoms with Crippen LogP contribution in [0, 0.1) is 6.92 Å². The zero-order valence-electron chi connectivity index (χ0n) is 18.1. The number of aryl methyl sites for hydroxylation is 2. The molecule has 5 rings (SSSR count). The predicted octanol–water partition coefficient (Wildman–Crippen LogP) is 4.69. The summed E-state index contributed by atoms with van der Waals surface area (Å²) in [6, 6.07) is 10.4. The first-order chi connectivity index (χ1) is 14.3. The van der Waals surface area contributed by atoms with Gasteiger partial charge in [-0.05, 0) is 58.2 Å². The lowest BCUT2D eigenvalue weighted by atomic mass is 9.82. The van der Waals surface area contributed by atoms with Gasteiger partial charge in [0, 0.05) is 47.9 Å². The molecule has 1 fully saturated rings. The largest absolute Gasteiger partial charge is 0.444 e. The number of carbonyl (C=O) groups excluding carboxylic acids is 1. The number of amides is 1. The second-order valence-electron chi connectivity index (χ2n) is 9.63. The van der Waals surface area contributed by atoms with Crippen LogP contribution in [0.15, 0.2) is 36.5 Å². The van der Waals surface area contributed by atoms with Gasteiger partial charge in [0.15, 0.2) is 0 Å². The van der Waals surface area contributed by atoms with E-state index in [9.17, 15) is 4.79 Å². The van der Waals surface area contributed by atoms with E-state index in [0.29, 0.717) is 6.54 Å². The summed E-state index contributed by atoms with van der Waals surface area (Å²) in [5.41, 5.74) is 4.98.